The van der Waals surface area contributed by atoms with Crippen LogP contribution in [0.15, 0.2) is 24.3 Å². The fourth-order valence-electron chi connectivity index (χ4n) is 1.35. The highest BCUT2D eigenvalue weighted by Crippen LogP contribution is 2.11. The van der Waals surface area contributed by atoms with Crippen molar-refractivity contribution in [3.8, 4) is 0 Å². The van der Waals surface area contributed by atoms with Crippen molar-refractivity contribution >= 4 is 17.6 Å². The van der Waals surface area contributed by atoms with Crippen molar-refractivity contribution in [1.82, 2.24) is 5.32 Å². The minimum absolute atomic E-state index is 0.103. The second-order valence-corrected chi connectivity index (χ2v) is 3.88. The summed E-state index contributed by atoms with van der Waals surface area (Å²) in [5.74, 6) is -1.36. The van der Waals surface area contributed by atoms with E-state index in [2.05, 4.69) is 10.6 Å². The summed E-state index contributed by atoms with van der Waals surface area (Å²) in [7, 11) is 0. The molecule has 0 heterocycles. The molecule has 5 nitrogen and oxygen atoms in total. The molecule has 1 amide bonds. The van der Waals surface area contributed by atoms with Gasteiger partial charge in [-0.05, 0) is 26.0 Å². The minimum Gasteiger partial charge on any atom is -0.465 e. The number of hydrogen-bond acceptors (Lipinski definition) is 4. The van der Waals surface area contributed by atoms with Crippen molar-refractivity contribution in [2.75, 3.05) is 18.5 Å². The van der Waals surface area contributed by atoms with E-state index in [9.17, 15) is 14.0 Å². The van der Waals surface area contributed by atoms with Crippen molar-refractivity contribution in [1.29, 1.82) is 0 Å². The van der Waals surface area contributed by atoms with E-state index in [4.69, 9.17) is 4.74 Å². The van der Waals surface area contributed by atoms with Crippen LogP contribution in [0.1, 0.15) is 13.8 Å². The van der Waals surface area contributed by atoms with Crippen molar-refractivity contribution in [3.63, 3.8) is 0 Å². The third-order valence-electron chi connectivity index (χ3n) is 2.36. The summed E-state index contributed by atoms with van der Waals surface area (Å²) in [6.45, 7) is 3.48. The van der Waals surface area contributed by atoms with E-state index in [1.807, 2.05) is 0 Å². The van der Waals surface area contributed by atoms with Crippen molar-refractivity contribution in [2.24, 2.45) is 0 Å². The number of carbonyl (C=O) groups is 2. The summed E-state index contributed by atoms with van der Waals surface area (Å²) in [5.41, 5.74) is 0.109. The number of para-hydroxylation sites is 1. The SMILES string of the molecule is CCOC(=O)C(C)NCC(=O)Nc1ccccc1F. The van der Waals surface area contributed by atoms with Gasteiger partial charge in [-0.3, -0.25) is 14.9 Å². The van der Waals surface area contributed by atoms with Crippen LogP contribution >= 0.6 is 0 Å². The van der Waals surface area contributed by atoms with Crippen LogP contribution in [0.5, 0.6) is 0 Å². The summed E-state index contributed by atoms with van der Waals surface area (Å²) in [6, 6.07) is 5.28. The Hall–Kier alpha value is -1.95. The Labute approximate surface area is 111 Å². The molecule has 19 heavy (non-hydrogen) atoms. The first-order chi connectivity index (χ1) is 9.04. The Morgan fingerprint density at radius 3 is 2.68 bits per heavy atom. The Kier molecular flexibility index (Phi) is 5.95. The van der Waals surface area contributed by atoms with Crippen molar-refractivity contribution in [2.45, 2.75) is 19.9 Å². The number of hydrogen-bond donors (Lipinski definition) is 2. The van der Waals surface area contributed by atoms with E-state index >= 15 is 0 Å². The fraction of sp³-hybridized carbons (Fsp3) is 0.385. The zero-order chi connectivity index (χ0) is 14.3. The average molecular weight is 268 g/mol. The molecule has 0 radical (unpaired) electrons. The summed E-state index contributed by atoms with van der Waals surface area (Å²) in [4.78, 5) is 22.8. The molecule has 1 unspecified atom stereocenters. The lowest BCUT2D eigenvalue weighted by Gasteiger charge is -2.12. The molecule has 0 bridgehead atoms. The first kappa shape index (κ1) is 15.1. The molecule has 0 aliphatic heterocycles. The third kappa shape index (κ3) is 5.05. The highest BCUT2D eigenvalue weighted by molar-refractivity contribution is 5.92. The number of nitrogens with one attached hydrogen (secondary N) is 2. The topological polar surface area (TPSA) is 67.4 Å². The van der Waals surface area contributed by atoms with Crippen LogP contribution < -0.4 is 10.6 Å². The number of amides is 1. The lowest BCUT2D eigenvalue weighted by molar-refractivity contribution is -0.145. The van der Waals surface area contributed by atoms with E-state index in [0.29, 0.717) is 0 Å². The van der Waals surface area contributed by atoms with E-state index in [-0.39, 0.29) is 18.8 Å². The van der Waals surface area contributed by atoms with Gasteiger partial charge < -0.3 is 10.1 Å². The lowest BCUT2D eigenvalue weighted by atomic mass is 10.3. The zero-order valence-corrected chi connectivity index (χ0v) is 10.9. The molecule has 1 aromatic carbocycles. The summed E-state index contributed by atoms with van der Waals surface area (Å²) in [5, 5.41) is 5.11. The summed E-state index contributed by atoms with van der Waals surface area (Å²) >= 11 is 0. The monoisotopic (exact) mass is 268 g/mol. The van der Waals surface area contributed by atoms with Gasteiger partial charge in [0.2, 0.25) is 5.91 Å². The predicted molar refractivity (Wildman–Crippen MR) is 69.1 cm³/mol. The van der Waals surface area contributed by atoms with Crippen LogP contribution in [-0.4, -0.2) is 31.1 Å². The van der Waals surface area contributed by atoms with Crippen LogP contribution in [0.3, 0.4) is 0 Å². The number of carbonyl (C=O) groups excluding carboxylic acids is 2. The molecule has 0 saturated carbocycles. The molecule has 1 rings (SSSR count). The smallest absolute Gasteiger partial charge is 0.322 e. The highest BCUT2D eigenvalue weighted by atomic mass is 19.1. The van der Waals surface area contributed by atoms with Crippen LogP contribution in [0.25, 0.3) is 0 Å². The number of rotatable bonds is 6. The first-order valence-electron chi connectivity index (χ1n) is 5.99. The second-order valence-electron chi connectivity index (χ2n) is 3.88. The van der Waals surface area contributed by atoms with Gasteiger partial charge >= 0.3 is 5.97 Å². The Bertz CT molecular complexity index is 451. The molecule has 2 N–H and O–H groups in total. The maximum absolute atomic E-state index is 13.3. The van der Waals surface area contributed by atoms with E-state index in [1.165, 1.54) is 18.2 Å². The lowest BCUT2D eigenvalue weighted by Crippen LogP contribution is -2.40. The molecular weight excluding hydrogens is 251 g/mol. The third-order valence-corrected chi connectivity index (χ3v) is 2.36. The highest BCUT2D eigenvalue weighted by Gasteiger charge is 2.14. The number of anilines is 1. The van der Waals surface area contributed by atoms with Gasteiger partial charge in [-0.2, -0.15) is 0 Å². The zero-order valence-electron chi connectivity index (χ0n) is 10.9. The van der Waals surface area contributed by atoms with E-state index in [1.54, 1.807) is 19.9 Å². The number of ether oxygens (including phenoxy) is 1. The normalized spacial score (nSPS) is 11.7. The number of halogens is 1. The number of esters is 1. The van der Waals surface area contributed by atoms with Gasteiger partial charge in [-0.15, -0.1) is 0 Å². The first-order valence-corrected chi connectivity index (χ1v) is 5.99. The quantitative estimate of drug-likeness (QED) is 0.763. The number of benzene rings is 1. The van der Waals surface area contributed by atoms with Gasteiger partial charge in [0.25, 0.3) is 0 Å². The molecule has 6 heteroatoms. The van der Waals surface area contributed by atoms with Gasteiger partial charge in [-0.25, -0.2) is 4.39 Å². The fourth-order valence-corrected chi connectivity index (χ4v) is 1.35. The van der Waals surface area contributed by atoms with Crippen LogP contribution in [0.4, 0.5) is 10.1 Å². The minimum atomic E-state index is -0.591. The molecular formula is C13H17FN2O3. The van der Waals surface area contributed by atoms with Crippen LogP contribution in [0.2, 0.25) is 0 Å². The Morgan fingerprint density at radius 2 is 2.05 bits per heavy atom. The molecule has 0 fully saturated rings. The molecule has 0 aromatic heterocycles. The van der Waals surface area contributed by atoms with Gasteiger partial charge in [-0.1, -0.05) is 12.1 Å². The molecule has 0 aliphatic rings. The van der Waals surface area contributed by atoms with Crippen molar-refractivity contribution < 1.29 is 18.7 Å². The summed E-state index contributed by atoms with van der Waals surface area (Å²) in [6.07, 6.45) is 0. The molecule has 0 spiro atoms. The second kappa shape index (κ2) is 7.48. The Balaban J connectivity index is 2.40. The largest absolute Gasteiger partial charge is 0.465 e. The maximum atomic E-state index is 13.3. The Morgan fingerprint density at radius 1 is 1.37 bits per heavy atom. The summed E-state index contributed by atoms with van der Waals surface area (Å²) < 4.78 is 18.0. The van der Waals surface area contributed by atoms with Gasteiger partial charge in [0.1, 0.15) is 11.9 Å². The van der Waals surface area contributed by atoms with E-state index in [0.717, 1.165) is 0 Å². The standard InChI is InChI=1S/C13H17FN2O3/c1-3-19-13(18)9(2)15-8-12(17)16-11-7-5-4-6-10(11)14/h4-7,9,15H,3,8H2,1-2H3,(H,16,17). The molecule has 104 valence electrons. The molecule has 0 aliphatic carbocycles. The maximum Gasteiger partial charge on any atom is 0.322 e. The molecule has 1 atom stereocenters. The molecule has 0 saturated heterocycles. The van der Waals surface area contributed by atoms with Crippen LogP contribution in [-0.2, 0) is 14.3 Å². The van der Waals surface area contributed by atoms with Gasteiger partial charge in [0.05, 0.1) is 18.8 Å². The van der Waals surface area contributed by atoms with Crippen molar-refractivity contribution in [3.05, 3.63) is 30.1 Å². The van der Waals surface area contributed by atoms with Gasteiger partial charge in [0, 0.05) is 0 Å². The average Bonchev–Trinajstić information content (AvgIpc) is 2.39. The van der Waals surface area contributed by atoms with E-state index < -0.39 is 23.7 Å². The predicted octanol–water partition coefficient (Wildman–Crippen LogP) is 1.31. The van der Waals surface area contributed by atoms with Gasteiger partial charge in [0.15, 0.2) is 0 Å². The van der Waals surface area contributed by atoms with Crippen LogP contribution in [0, 0.1) is 5.82 Å². The molecule has 1 aromatic rings.